The fourth-order valence-corrected chi connectivity index (χ4v) is 4.03. The maximum atomic E-state index is 12.7. The third kappa shape index (κ3) is 3.18. The highest BCUT2D eigenvalue weighted by Gasteiger charge is 2.27. The lowest BCUT2D eigenvalue weighted by atomic mass is 10.1. The van der Waals surface area contributed by atoms with Crippen molar-refractivity contribution in [1.82, 2.24) is 14.6 Å². The van der Waals surface area contributed by atoms with E-state index in [-0.39, 0.29) is 12.2 Å². The van der Waals surface area contributed by atoms with Crippen LogP contribution in [0.15, 0.2) is 53.3 Å². The number of thiazole rings is 1. The largest absolute Gasteiger partial charge is 0.485 e. The van der Waals surface area contributed by atoms with Gasteiger partial charge in [-0.25, -0.2) is 4.79 Å². The van der Waals surface area contributed by atoms with Gasteiger partial charge in [0, 0.05) is 0 Å². The van der Waals surface area contributed by atoms with E-state index in [9.17, 15) is 9.59 Å². The Hall–Kier alpha value is -3.72. The summed E-state index contributed by atoms with van der Waals surface area (Å²) in [5.74, 6) is 1.30. The molecule has 1 atom stereocenters. The first-order chi connectivity index (χ1) is 14.6. The van der Waals surface area contributed by atoms with Crippen molar-refractivity contribution in [2.45, 2.75) is 6.10 Å². The van der Waals surface area contributed by atoms with Crippen LogP contribution in [0.5, 0.6) is 11.5 Å². The fourth-order valence-electron chi connectivity index (χ4n) is 3.12. The first kappa shape index (κ1) is 18.3. The van der Waals surface area contributed by atoms with Gasteiger partial charge in [0.15, 0.2) is 23.4 Å². The lowest BCUT2D eigenvalue weighted by Crippen LogP contribution is -2.26. The van der Waals surface area contributed by atoms with E-state index in [2.05, 4.69) is 14.8 Å². The SMILES string of the molecule is COC(=O)c1ccc(C=c2sc3nc(C4COc5ccccc5O4)nn3c2=O)cc1. The molecule has 1 aliphatic rings. The van der Waals surface area contributed by atoms with E-state index in [4.69, 9.17) is 9.47 Å². The van der Waals surface area contributed by atoms with Crippen LogP contribution in [-0.2, 0) is 4.74 Å². The number of rotatable bonds is 3. The molecule has 1 unspecified atom stereocenters. The fraction of sp³-hybridized carbons (Fsp3) is 0.143. The van der Waals surface area contributed by atoms with Crippen molar-refractivity contribution in [3.8, 4) is 11.5 Å². The molecule has 9 heteroatoms. The predicted octanol–water partition coefficient (Wildman–Crippen LogP) is 2.00. The molecule has 0 bridgehead atoms. The van der Waals surface area contributed by atoms with Gasteiger partial charge >= 0.3 is 5.97 Å². The quantitative estimate of drug-likeness (QED) is 0.467. The van der Waals surface area contributed by atoms with Gasteiger partial charge in [0.05, 0.1) is 17.2 Å². The highest BCUT2D eigenvalue weighted by molar-refractivity contribution is 7.15. The second-order valence-electron chi connectivity index (χ2n) is 6.56. The Kier molecular flexibility index (Phi) is 4.44. The van der Waals surface area contributed by atoms with Gasteiger partial charge in [-0.1, -0.05) is 35.6 Å². The van der Waals surface area contributed by atoms with E-state index in [0.29, 0.717) is 32.4 Å². The summed E-state index contributed by atoms with van der Waals surface area (Å²) in [5.41, 5.74) is 0.966. The smallest absolute Gasteiger partial charge is 0.337 e. The number of ether oxygens (including phenoxy) is 3. The van der Waals surface area contributed by atoms with Crippen molar-refractivity contribution in [2.75, 3.05) is 13.7 Å². The summed E-state index contributed by atoms with van der Waals surface area (Å²) in [4.78, 5) is 29.2. The Morgan fingerprint density at radius 3 is 2.70 bits per heavy atom. The standard InChI is InChI=1S/C21H15N3O5S/c1-27-20(26)13-8-6-12(7-9-13)10-17-19(25)24-21(30-17)22-18(23-24)16-11-28-14-4-2-3-5-15(14)29-16/h2-10,16H,11H2,1H3. The Morgan fingerprint density at radius 1 is 1.20 bits per heavy atom. The van der Waals surface area contributed by atoms with Crippen LogP contribution in [0.4, 0.5) is 0 Å². The zero-order valence-corrected chi connectivity index (χ0v) is 16.6. The number of esters is 1. The lowest BCUT2D eigenvalue weighted by molar-refractivity contribution is 0.0600. The number of nitrogens with zero attached hydrogens (tertiary/aromatic N) is 3. The highest BCUT2D eigenvalue weighted by Crippen LogP contribution is 2.35. The predicted molar refractivity (Wildman–Crippen MR) is 109 cm³/mol. The summed E-state index contributed by atoms with van der Waals surface area (Å²) in [6, 6.07) is 14.2. The van der Waals surface area contributed by atoms with Crippen molar-refractivity contribution in [2.24, 2.45) is 0 Å². The van der Waals surface area contributed by atoms with E-state index in [1.165, 1.54) is 23.0 Å². The van der Waals surface area contributed by atoms with Crippen molar-refractivity contribution >= 4 is 28.3 Å². The van der Waals surface area contributed by atoms with E-state index in [1.807, 2.05) is 24.3 Å². The monoisotopic (exact) mass is 421 g/mol. The second-order valence-corrected chi connectivity index (χ2v) is 7.57. The van der Waals surface area contributed by atoms with Crippen LogP contribution in [0.2, 0.25) is 0 Å². The second kappa shape index (κ2) is 7.27. The summed E-state index contributed by atoms with van der Waals surface area (Å²) in [6.07, 6.45) is 1.25. The van der Waals surface area contributed by atoms with E-state index in [1.54, 1.807) is 30.3 Å². The molecule has 4 aromatic rings. The minimum absolute atomic E-state index is 0.261. The number of fused-ring (bicyclic) bond motifs is 2. The van der Waals surface area contributed by atoms with Gasteiger partial charge in [-0.3, -0.25) is 4.79 Å². The first-order valence-corrected chi connectivity index (χ1v) is 9.92. The molecule has 0 radical (unpaired) electrons. The maximum absolute atomic E-state index is 12.7. The number of methoxy groups -OCH3 is 1. The molecule has 0 N–H and O–H groups in total. The molecule has 8 nitrogen and oxygen atoms in total. The number of carbonyl (C=O) groups is 1. The third-order valence-corrected chi connectivity index (χ3v) is 5.58. The summed E-state index contributed by atoms with van der Waals surface area (Å²) in [6.45, 7) is 0.272. The van der Waals surface area contributed by atoms with Gasteiger partial charge in [0.25, 0.3) is 5.56 Å². The summed E-state index contributed by atoms with van der Waals surface area (Å²) >= 11 is 1.24. The molecule has 2 aromatic heterocycles. The van der Waals surface area contributed by atoms with Crippen LogP contribution in [0, 0.1) is 0 Å². The molecule has 0 aliphatic carbocycles. The number of aromatic nitrogens is 3. The van der Waals surface area contributed by atoms with Gasteiger partial charge in [-0.15, -0.1) is 5.10 Å². The molecule has 0 spiro atoms. The van der Waals surface area contributed by atoms with Crippen LogP contribution in [0.3, 0.4) is 0 Å². The zero-order chi connectivity index (χ0) is 20.7. The Morgan fingerprint density at radius 2 is 1.97 bits per heavy atom. The van der Waals surface area contributed by atoms with Gasteiger partial charge in [-0.2, -0.15) is 9.50 Å². The normalized spacial score (nSPS) is 16.0. The lowest BCUT2D eigenvalue weighted by Gasteiger charge is -2.24. The number of hydrogen-bond donors (Lipinski definition) is 0. The van der Waals surface area contributed by atoms with E-state index in [0.717, 1.165) is 5.56 Å². The molecule has 150 valence electrons. The molecule has 3 heterocycles. The molecule has 0 saturated carbocycles. The molecule has 0 amide bonds. The van der Waals surface area contributed by atoms with Gasteiger partial charge in [0.1, 0.15) is 6.61 Å². The van der Waals surface area contributed by atoms with Crippen molar-refractivity contribution in [3.63, 3.8) is 0 Å². The summed E-state index contributed by atoms with van der Waals surface area (Å²) < 4.78 is 18.1. The maximum Gasteiger partial charge on any atom is 0.337 e. The zero-order valence-electron chi connectivity index (χ0n) is 15.8. The van der Waals surface area contributed by atoms with Gasteiger partial charge < -0.3 is 14.2 Å². The molecular formula is C21H15N3O5S. The number of hydrogen-bond acceptors (Lipinski definition) is 8. The Balaban J connectivity index is 1.44. The molecular weight excluding hydrogens is 406 g/mol. The van der Waals surface area contributed by atoms with E-state index >= 15 is 0 Å². The van der Waals surface area contributed by atoms with Crippen molar-refractivity contribution in [1.29, 1.82) is 0 Å². The average Bonchev–Trinajstić information content (AvgIpc) is 3.33. The molecule has 30 heavy (non-hydrogen) atoms. The van der Waals surface area contributed by atoms with Crippen molar-refractivity contribution < 1.29 is 19.0 Å². The minimum Gasteiger partial charge on any atom is -0.485 e. The van der Waals surface area contributed by atoms with Gasteiger partial charge in [-0.05, 0) is 35.9 Å². The first-order valence-electron chi connectivity index (χ1n) is 9.10. The molecule has 1 aliphatic heterocycles. The summed E-state index contributed by atoms with van der Waals surface area (Å²) in [7, 11) is 1.33. The van der Waals surface area contributed by atoms with Crippen molar-refractivity contribution in [3.05, 3.63) is 80.4 Å². The van der Waals surface area contributed by atoms with Crippen LogP contribution in [-0.4, -0.2) is 34.3 Å². The Labute approximate surface area is 174 Å². The topological polar surface area (TPSA) is 92.0 Å². The number of carbonyl (C=O) groups excluding carboxylic acids is 1. The molecule has 2 aromatic carbocycles. The third-order valence-electron chi connectivity index (χ3n) is 4.62. The number of para-hydroxylation sites is 2. The average molecular weight is 421 g/mol. The van der Waals surface area contributed by atoms with Crippen LogP contribution in [0.1, 0.15) is 27.8 Å². The van der Waals surface area contributed by atoms with Crippen LogP contribution in [0.25, 0.3) is 11.0 Å². The van der Waals surface area contributed by atoms with Gasteiger partial charge in [0.2, 0.25) is 4.96 Å². The van der Waals surface area contributed by atoms with Crippen LogP contribution >= 0.6 is 11.3 Å². The molecule has 5 rings (SSSR count). The Bertz CT molecular complexity index is 1360. The molecule has 0 saturated heterocycles. The summed E-state index contributed by atoms with van der Waals surface area (Å²) in [5, 5.41) is 4.34. The molecule has 0 fully saturated rings. The minimum atomic E-state index is -0.482. The van der Waals surface area contributed by atoms with E-state index < -0.39 is 12.1 Å². The van der Waals surface area contributed by atoms with Crippen LogP contribution < -0.4 is 19.6 Å². The highest BCUT2D eigenvalue weighted by atomic mass is 32.1. The number of benzene rings is 2.